The van der Waals surface area contributed by atoms with Crippen LogP contribution in [-0.2, 0) is 10.0 Å². The third-order valence-electron chi connectivity index (χ3n) is 4.27. The fourth-order valence-corrected chi connectivity index (χ4v) is 3.36. The van der Waals surface area contributed by atoms with E-state index in [2.05, 4.69) is 56.4 Å². The maximum absolute atomic E-state index is 11.4. The van der Waals surface area contributed by atoms with Gasteiger partial charge in [0.1, 0.15) is 0 Å². The zero-order chi connectivity index (χ0) is 18.3. The van der Waals surface area contributed by atoms with Crippen molar-refractivity contribution in [3.8, 4) is 0 Å². The highest BCUT2D eigenvalue weighted by Crippen LogP contribution is 2.20. The van der Waals surface area contributed by atoms with Gasteiger partial charge in [-0.1, -0.05) is 17.7 Å². The van der Waals surface area contributed by atoms with Gasteiger partial charge in [-0.05, 0) is 32.4 Å². The number of benzene rings is 1. The highest BCUT2D eigenvalue weighted by atomic mass is 127. The normalized spacial score (nSPS) is 17.7. The Bertz CT molecular complexity index is 679. The molecule has 0 aliphatic carbocycles. The molecular formula is C17H30IN5O2S. The van der Waals surface area contributed by atoms with Crippen molar-refractivity contribution in [1.82, 2.24) is 15.4 Å². The average Bonchev–Trinajstić information content (AvgIpc) is 3.06. The molecule has 2 rings (SSSR count). The predicted molar refractivity (Wildman–Crippen MR) is 119 cm³/mol. The molecule has 1 aromatic carbocycles. The molecule has 1 aliphatic rings. The second kappa shape index (κ2) is 10.9. The van der Waals surface area contributed by atoms with Crippen molar-refractivity contribution in [2.75, 3.05) is 43.9 Å². The largest absolute Gasteiger partial charge is 0.369 e. The summed E-state index contributed by atoms with van der Waals surface area (Å²) in [6.07, 6.45) is 1.04. The Morgan fingerprint density at radius 3 is 2.58 bits per heavy atom. The molecule has 0 saturated carbocycles. The van der Waals surface area contributed by atoms with Gasteiger partial charge in [0.15, 0.2) is 5.96 Å². The summed E-state index contributed by atoms with van der Waals surface area (Å²) in [5, 5.41) is 6.56. The van der Waals surface area contributed by atoms with Crippen LogP contribution in [0.25, 0.3) is 0 Å². The summed E-state index contributed by atoms with van der Waals surface area (Å²) in [5.41, 5.74) is 2.51. The van der Waals surface area contributed by atoms with Gasteiger partial charge < -0.3 is 15.5 Å². The molecule has 148 valence electrons. The standard InChI is InChI=1S/C17H29N5O2S.HI/c1-4-25(23,24)20-11-10-19-17(18-3)21-15-9-12-22(13-15)16-7-5-14(2)6-8-16;/h5-8,15,20H,4,9-13H2,1-3H3,(H2,18,19,21);1H. The van der Waals surface area contributed by atoms with E-state index >= 15 is 0 Å². The minimum Gasteiger partial charge on any atom is -0.369 e. The van der Waals surface area contributed by atoms with Crippen molar-refractivity contribution in [1.29, 1.82) is 0 Å². The molecule has 0 radical (unpaired) electrons. The number of halogens is 1. The number of anilines is 1. The van der Waals surface area contributed by atoms with Gasteiger partial charge in [0.05, 0.1) is 5.75 Å². The van der Waals surface area contributed by atoms with Crippen LogP contribution < -0.4 is 20.3 Å². The zero-order valence-corrected chi connectivity index (χ0v) is 18.8. The second-order valence-electron chi connectivity index (χ2n) is 6.21. The molecule has 26 heavy (non-hydrogen) atoms. The molecule has 0 amide bonds. The number of hydrogen-bond donors (Lipinski definition) is 3. The van der Waals surface area contributed by atoms with Crippen LogP contribution in [0, 0.1) is 6.92 Å². The van der Waals surface area contributed by atoms with Crippen LogP contribution in [0.15, 0.2) is 29.3 Å². The van der Waals surface area contributed by atoms with Gasteiger partial charge in [-0.15, -0.1) is 24.0 Å². The van der Waals surface area contributed by atoms with Crippen molar-refractivity contribution in [3.63, 3.8) is 0 Å². The van der Waals surface area contributed by atoms with Crippen LogP contribution in [0.2, 0.25) is 0 Å². The molecule has 1 unspecified atom stereocenters. The monoisotopic (exact) mass is 495 g/mol. The lowest BCUT2D eigenvalue weighted by Crippen LogP contribution is -2.46. The number of sulfonamides is 1. The molecule has 7 nitrogen and oxygen atoms in total. The van der Waals surface area contributed by atoms with E-state index in [0.717, 1.165) is 19.5 Å². The summed E-state index contributed by atoms with van der Waals surface area (Å²) in [6, 6.07) is 8.90. The molecule has 0 aromatic heterocycles. The SMILES string of the molecule is CCS(=O)(=O)NCCNC(=NC)NC1CCN(c2ccc(C)cc2)C1.I. The summed E-state index contributed by atoms with van der Waals surface area (Å²) in [6.45, 7) is 6.48. The number of nitrogens with one attached hydrogen (secondary N) is 3. The second-order valence-corrected chi connectivity index (χ2v) is 8.30. The van der Waals surface area contributed by atoms with E-state index in [0.29, 0.717) is 25.1 Å². The van der Waals surface area contributed by atoms with Crippen molar-refractivity contribution in [2.45, 2.75) is 26.3 Å². The Labute approximate surface area is 174 Å². The van der Waals surface area contributed by atoms with E-state index < -0.39 is 10.0 Å². The predicted octanol–water partition coefficient (Wildman–Crippen LogP) is 1.30. The number of aliphatic imine (C=N–C) groups is 1. The Hall–Kier alpha value is -1.07. The maximum Gasteiger partial charge on any atom is 0.211 e. The summed E-state index contributed by atoms with van der Waals surface area (Å²) in [5.74, 6) is 0.795. The van der Waals surface area contributed by atoms with Gasteiger partial charge in [0.2, 0.25) is 10.0 Å². The molecule has 1 aliphatic heterocycles. The Morgan fingerprint density at radius 1 is 1.27 bits per heavy atom. The topological polar surface area (TPSA) is 85.8 Å². The Balaban J connectivity index is 0.00000338. The van der Waals surface area contributed by atoms with Crippen LogP contribution in [0.5, 0.6) is 0 Å². The maximum atomic E-state index is 11.4. The molecule has 0 spiro atoms. The Kier molecular flexibility index (Phi) is 9.66. The van der Waals surface area contributed by atoms with Gasteiger partial charge in [-0.25, -0.2) is 13.1 Å². The van der Waals surface area contributed by atoms with Crippen molar-refractivity contribution < 1.29 is 8.42 Å². The van der Waals surface area contributed by atoms with Crippen molar-refractivity contribution >= 4 is 45.6 Å². The minimum atomic E-state index is -3.14. The highest BCUT2D eigenvalue weighted by molar-refractivity contribution is 14.0. The first-order valence-corrected chi connectivity index (χ1v) is 10.3. The van der Waals surface area contributed by atoms with Gasteiger partial charge in [0.25, 0.3) is 0 Å². The van der Waals surface area contributed by atoms with E-state index in [-0.39, 0.29) is 29.7 Å². The molecule has 1 saturated heterocycles. The Morgan fingerprint density at radius 2 is 1.96 bits per heavy atom. The van der Waals surface area contributed by atoms with E-state index in [1.807, 2.05) is 0 Å². The first-order chi connectivity index (χ1) is 11.9. The lowest BCUT2D eigenvalue weighted by molar-refractivity contribution is 0.581. The first kappa shape index (κ1) is 23.0. The first-order valence-electron chi connectivity index (χ1n) is 8.69. The fourth-order valence-electron chi connectivity index (χ4n) is 2.75. The molecule has 9 heteroatoms. The van der Waals surface area contributed by atoms with Gasteiger partial charge in [-0.3, -0.25) is 4.99 Å². The highest BCUT2D eigenvalue weighted by Gasteiger charge is 2.23. The lowest BCUT2D eigenvalue weighted by atomic mass is 10.2. The van der Waals surface area contributed by atoms with Gasteiger partial charge >= 0.3 is 0 Å². The number of aryl methyl sites for hydroxylation is 1. The molecule has 0 bridgehead atoms. The summed E-state index contributed by atoms with van der Waals surface area (Å²) in [4.78, 5) is 6.57. The molecule has 1 aromatic rings. The van der Waals surface area contributed by atoms with Crippen LogP contribution in [0.4, 0.5) is 5.69 Å². The van der Waals surface area contributed by atoms with E-state index in [9.17, 15) is 8.42 Å². The third kappa shape index (κ3) is 7.28. The van der Waals surface area contributed by atoms with Gasteiger partial charge in [-0.2, -0.15) is 0 Å². The molecular weight excluding hydrogens is 465 g/mol. The van der Waals surface area contributed by atoms with Gasteiger partial charge in [0, 0.05) is 45.0 Å². The minimum absolute atomic E-state index is 0. The van der Waals surface area contributed by atoms with Crippen LogP contribution in [-0.4, -0.2) is 59.4 Å². The van der Waals surface area contributed by atoms with Crippen LogP contribution >= 0.6 is 24.0 Å². The van der Waals surface area contributed by atoms with E-state index in [1.54, 1.807) is 14.0 Å². The van der Waals surface area contributed by atoms with Crippen LogP contribution in [0.1, 0.15) is 18.9 Å². The fraction of sp³-hybridized carbons (Fsp3) is 0.588. The van der Waals surface area contributed by atoms with Crippen LogP contribution in [0.3, 0.4) is 0 Å². The summed E-state index contributed by atoms with van der Waals surface area (Å²) < 4.78 is 25.3. The number of rotatable bonds is 7. The average molecular weight is 495 g/mol. The summed E-state index contributed by atoms with van der Waals surface area (Å²) >= 11 is 0. The molecule has 1 fully saturated rings. The van der Waals surface area contributed by atoms with E-state index in [4.69, 9.17) is 0 Å². The molecule has 3 N–H and O–H groups in total. The zero-order valence-electron chi connectivity index (χ0n) is 15.7. The van der Waals surface area contributed by atoms with Crippen molar-refractivity contribution in [2.24, 2.45) is 4.99 Å². The summed E-state index contributed by atoms with van der Waals surface area (Å²) in [7, 11) is -1.42. The van der Waals surface area contributed by atoms with Crippen molar-refractivity contribution in [3.05, 3.63) is 29.8 Å². The smallest absolute Gasteiger partial charge is 0.211 e. The quantitative estimate of drug-likeness (QED) is 0.230. The van der Waals surface area contributed by atoms with E-state index in [1.165, 1.54) is 11.3 Å². The lowest BCUT2D eigenvalue weighted by Gasteiger charge is -2.20. The molecule has 1 atom stereocenters. The number of nitrogens with zero attached hydrogens (tertiary/aromatic N) is 2. The third-order valence-corrected chi connectivity index (χ3v) is 5.68. The number of guanidine groups is 1. The number of hydrogen-bond acceptors (Lipinski definition) is 4. The molecule has 1 heterocycles.